The molecule has 0 aliphatic carbocycles. The van der Waals surface area contributed by atoms with Crippen LogP contribution < -0.4 is 5.73 Å². The molecule has 1 aromatic carbocycles. The summed E-state index contributed by atoms with van der Waals surface area (Å²) in [6.45, 7) is 1.62. The number of nitrogens with two attached hydrogens (primary N) is 1. The van der Waals surface area contributed by atoms with Crippen molar-refractivity contribution < 1.29 is 14.7 Å². The Labute approximate surface area is 124 Å². The van der Waals surface area contributed by atoms with Crippen LogP contribution in [0.2, 0.25) is 0 Å². The van der Waals surface area contributed by atoms with Crippen molar-refractivity contribution in [1.29, 1.82) is 0 Å². The summed E-state index contributed by atoms with van der Waals surface area (Å²) in [6, 6.07) is 9.17. The summed E-state index contributed by atoms with van der Waals surface area (Å²) in [5, 5.41) is 9.95. The molecule has 0 aromatic heterocycles. The maximum absolute atomic E-state index is 12.1. The van der Waals surface area contributed by atoms with Crippen LogP contribution in [0, 0.1) is 6.42 Å². The number of amides is 3. The summed E-state index contributed by atoms with van der Waals surface area (Å²) in [4.78, 5) is 26.2. The zero-order valence-electron chi connectivity index (χ0n) is 11.8. The topological polar surface area (TPSA) is 86.9 Å². The van der Waals surface area contributed by atoms with Crippen molar-refractivity contribution in [2.75, 3.05) is 26.2 Å². The molecule has 6 nitrogen and oxygen atoms in total. The number of rotatable bonds is 4. The highest BCUT2D eigenvalue weighted by atomic mass is 16.3. The Hall–Kier alpha value is -2.08. The zero-order chi connectivity index (χ0) is 15.2. The molecule has 6 heteroatoms. The van der Waals surface area contributed by atoms with Crippen LogP contribution in [0.3, 0.4) is 0 Å². The van der Waals surface area contributed by atoms with Crippen molar-refractivity contribution in [3.63, 3.8) is 0 Å². The molecule has 1 aliphatic heterocycles. The zero-order valence-corrected chi connectivity index (χ0v) is 11.8. The number of hydrogen-bond donors (Lipinski definition) is 2. The number of primary amides is 1. The molecule has 0 spiro atoms. The smallest absolute Gasteiger partial charge is 0.314 e. The summed E-state index contributed by atoms with van der Waals surface area (Å²) in [7, 11) is 0. The number of aliphatic hydroxyl groups excluding tert-OH is 1. The lowest BCUT2D eigenvalue weighted by Crippen LogP contribution is -2.54. The van der Waals surface area contributed by atoms with Gasteiger partial charge in [-0.15, -0.1) is 0 Å². The Morgan fingerprint density at radius 3 is 2.29 bits per heavy atom. The lowest BCUT2D eigenvalue weighted by molar-refractivity contribution is -0.140. The monoisotopic (exact) mass is 290 g/mol. The van der Waals surface area contributed by atoms with Gasteiger partial charge >= 0.3 is 6.03 Å². The van der Waals surface area contributed by atoms with Gasteiger partial charge in [-0.2, -0.15) is 0 Å². The fourth-order valence-corrected chi connectivity index (χ4v) is 2.30. The highest BCUT2D eigenvalue weighted by Gasteiger charge is 2.26. The second kappa shape index (κ2) is 7.08. The van der Waals surface area contributed by atoms with Crippen molar-refractivity contribution in [2.24, 2.45) is 5.73 Å². The average Bonchev–Trinajstić information content (AvgIpc) is 2.53. The van der Waals surface area contributed by atoms with E-state index < -0.39 is 12.1 Å². The van der Waals surface area contributed by atoms with Gasteiger partial charge in [0.2, 0.25) is 0 Å². The molecule has 1 atom stereocenters. The minimum absolute atomic E-state index is 0.324. The Bertz CT molecular complexity index is 484. The predicted molar refractivity (Wildman–Crippen MR) is 78.2 cm³/mol. The summed E-state index contributed by atoms with van der Waals surface area (Å²) in [5.74, 6) is -0.324. The number of hydrogen-bond acceptors (Lipinski definition) is 3. The molecule has 1 saturated heterocycles. The quantitative estimate of drug-likeness (QED) is 0.819. The lowest BCUT2D eigenvalue weighted by Gasteiger charge is -2.34. The number of urea groups is 1. The first-order valence-corrected chi connectivity index (χ1v) is 6.96. The van der Waals surface area contributed by atoms with E-state index >= 15 is 0 Å². The number of carbonyl (C=O) groups is 2. The van der Waals surface area contributed by atoms with Crippen molar-refractivity contribution in [3.8, 4) is 0 Å². The standard InChI is InChI=1S/C15H20N3O3/c16-15(21)18-10-8-17(9-11-18)14(20)13(19)7-6-12-4-2-1-3-5-12/h1-5,7,13,19H,6,8-11H2,(H2,16,21)/t13-/m1/s1. The molecule has 113 valence electrons. The van der Waals surface area contributed by atoms with E-state index in [4.69, 9.17) is 5.73 Å². The van der Waals surface area contributed by atoms with E-state index in [0.717, 1.165) is 5.56 Å². The molecule has 3 N–H and O–H groups in total. The van der Waals surface area contributed by atoms with Crippen LogP contribution in [0.1, 0.15) is 5.56 Å². The van der Waals surface area contributed by atoms with Crippen molar-refractivity contribution >= 4 is 11.9 Å². The molecule has 0 bridgehead atoms. The van der Waals surface area contributed by atoms with Gasteiger partial charge in [0.1, 0.15) is 6.10 Å². The molecule has 1 heterocycles. The second-order valence-corrected chi connectivity index (χ2v) is 5.02. The molecule has 1 radical (unpaired) electrons. The number of benzene rings is 1. The van der Waals surface area contributed by atoms with Gasteiger partial charge in [-0.25, -0.2) is 4.79 Å². The minimum Gasteiger partial charge on any atom is -0.383 e. The Morgan fingerprint density at radius 2 is 1.71 bits per heavy atom. The largest absolute Gasteiger partial charge is 0.383 e. The maximum Gasteiger partial charge on any atom is 0.314 e. The third kappa shape index (κ3) is 4.19. The third-order valence-electron chi connectivity index (χ3n) is 3.58. The molecule has 1 aromatic rings. The van der Waals surface area contributed by atoms with Gasteiger partial charge in [0.15, 0.2) is 0 Å². The van der Waals surface area contributed by atoms with Crippen molar-refractivity contribution in [2.45, 2.75) is 12.5 Å². The highest BCUT2D eigenvalue weighted by molar-refractivity contribution is 5.82. The van der Waals surface area contributed by atoms with E-state index in [9.17, 15) is 14.7 Å². The first-order valence-electron chi connectivity index (χ1n) is 6.96. The van der Waals surface area contributed by atoms with Gasteiger partial charge in [-0.05, 0) is 12.0 Å². The van der Waals surface area contributed by atoms with Gasteiger partial charge in [0, 0.05) is 32.6 Å². The fraction of sp³-hybridized carbons (Fsp3) is 0.400. The van der Waals surface area contributed by atoms with Crippen LogP contribution in [0.5, 0.6) is 0 Å². The maximum atomic E-state index is 12.1. The first-order chi connectivity index (χ1) is 10.1. The molecular formula is C15H20N3O3. The molecule has 2 rings (SSSR count). The van der Waals surface area contributed by atoms with Gasteiger partial charge in [0.05, 0.1) is 0 Å². The van der Waals surface area contributed by atoms with Crippen molar-refractivity contribution in [1.82, 2.24) is 9.80 Å². The number of aliphatic hydroxyl groups is 1. The minimum atomic E-state index is -1.12. The van der Waals surface area contributed by atoms with Gasteiger partial charge in [-0.3, -0.25) is 4.79 Å². The molecular weight excluding hydrogens is 270 g/mol. The summed E-state index contributed by atoms with van der Waals surface area (Å²) in [6.07, 6.45) is 1.01. The van der Waals surface area contributed by atoms with Gasteiger partial charge in [-0.1, -0.05) is 30.3 Å². The van der Waals surface area contributed by atoms with Gasteiger partial charge in [0.25, 0.3) is 5.91 Å². The third-order valence-corrected chi connectivity index (χ3v) is 3.58. The highest BCUT2D eigenvalue weighted by Crippen LogP contribution is 2.08. The normalized spacial score (nSPS) is 16.6. The molecule has 1 fully saturated rings. The molecule has 0 saturated carbocycles. The number of nitrogens with zero attached hydrogens (tertiary/aromatic N) is 2. The van der Waals surface area contributed by atoms with Crippen LogP contribution in [0.15, 0.2) is 30.3 Å². The van der Waals surface area contributed by atoms with E-state index in [1.165, 1.54) is 4.90 Å². The molecule has 0 unspecified atom stereocenters. The summed E-state index contributed by atoms with van der Waals surface area (Å²) >= 11 is 0. The molecule has 1 aliphatic rings. The van der Waals surface area contributed by atoms with Crippen LogP contribution >= 0.6 is 0 Å². The van der Waals surface area contributed by atoms with Crippen molar-refractivity contribution in [3.05, 3.63) is 42.3 Å². The van der Waals surface area contributed by atoms with E-state index in [1.54, 1.807) is 11.3 Å². The van der Waals surface area contributed by atoms with E-state index in [-0.39, 0.29) is 5.91 Å². The van der Waals surface area contributed by atoms with Crippen LogP contribution in [0.4, 0.5) is 4.79 Å². The molecule has 3 amide bonds. The van der Waals surface area contributed by atoms with E-state index in [2.05, 4.69) is 0 Å². The van der Waals surface area contributed by atoms with Gasteiger partial charge < -0.3 is 20.6 Å². The Morgan fingerprint density at radius 1 is 1.14 bits per heavy atom. The second-order valence-electron chi connectivity index (χ2n) is 5.02. The lowest BCUT2D eigenvalue weighted by atomic mass is 10.1. The van der Waals surface area contributed by atoms with E-state index in [1.807, 2.05) is 30.3 Å². The predicted octanol–water partition coefficient (Wildman–Crippen LogP) is 0.0172. The number of piperazine rings is 1. The first kappa shape index (κ1) is 15.3. The van der Waals surface area contributed by atoms with Crippen LogP contribution in [0.25, 0.3) is 0 Å². The van der Waals surface area contributed by atoms with Crippen LogP contribution in [-0.2, 0) is 11.2 Å². The summed E-state index contributed by atoms with van der Waals surface area (Å²) in [5.41, 5.74) is 6.23. The summed E-state index contributed by atoms with van der Waals surface area (Å²) < 4.78 is 0. The Balaban J connectivity index is 1.79. The Kier molecular flexibility index (Phi) is 5.16. The fourth-order valence-electron chi connectivity index (χ4n) is 2.30. The average molecular weight is 290 g/mol. The van der Waals surface area contributed by atoms with Crippen LogP contribution in [-0.4, -0.2) is 59.1 Å². The molecule has 21 heavy (non-hydrogen) atoms. The SMILES string of the molecule is NC(=O)N1CCN(C(=O)[C@H](O)[CH]Cc2ccccc2)CC1. The van der Waals surface area contributed by atoms with E-state index in [0.29, 0.717) is 32.6 Å². The number of carbonyl (C=O) groups excluding carboxylic acids is 2.